The van der Waals surface area contributed by atoms with Crippen LogP contribution in [0.2, 0.25) is 0 Å². The summed E-state index contributed by atoms with van der Waals surface area (Å²) in [5, 5.41) is 0. The van der Waals surface area contributed by atoms with Crippen LogP contribution in [-0.2, 0) is 26.5 Å². The average Bonchev–Trinajstić information content (AvgIpc) is 1.35. The Morgan fingerprint density at radius 2 is 1.29 bits per heavy atom. The molecule has 0 aromatic carbocycles. The molecule has 0 saturated carbocycles. The molecule has 1 nitrogen and oxygen atoms in total. The maximum Gasteiger partial charge on any atom is 0.0594 e. The summed E-state index contributed by atoms with van der Waals surface area (Å²) in [6.07, 6.45) is 0. The van der Waals surface area contributed by atoms with Gasteiger partial charge < -0.3 is 4.74 Å². The van der Waals surface area contributed by atoms with Crippen LogP contribution in [0.3, 0.4) is 0 Å². The summed E-state index contributed by atoms with van der Waals surface area (Å²) in [4.78, 5) is 0. The van der Waals surface area contributed by atoms with Crippen LogP contribution < -0.4 is 0 Å². The van der Waals surface area contributed by atoms with Crippen LogP contribution in [0.25, 0.3) is 0 Å². The molecule has 0 radical (unpaired) electrons. The third-order valence-corrected chi connectivity index (χ3v) is 0.612. The molecule has 2 heteroatoms. The minimum absolute atomic E-state index is 0. The maximum atomic E-state index is 4.94. The molecule has 7 heavy (non-hydrogen) atoms. The van der Waals surface area contributed by atoms with Crippen molar-refractivity contribution in [2.45, 2.75) is 26.4 Å². The zero-order valence-electron chi connectivity index (χ0n) is 5.41. The fourth-order valence-corrected chi connectivity index (χ4v) is 0. The van der Waals surface area contributed by atoms with Gasteiger partial charge in [-0.3, -0.25) is 0 Å². The van der Waals surface area contributed by atoms with Gasteiger partial charge in [-0.05, 0) is 20.8 Å². The molecule has 0 amide bonds. The summed E-state index contributed by atoms with van der Waals surface area (Å²) in [6, 6.07) is 0. The number of hydrogen-bond acceptors (Lipinski definition) is 1. The third kappa shape index (κ3) is 10.8. The van der Waals surface area contributed by atoms with Crippen molar-refractivity contribution in [3.8, 4) is 0 Å². The summed E-state index contributed by atoms with van der Waals surface area (Å²) < 4.78 is 4.94. The van der Waals surface area contributed by atoms with E-state index in [1.165, 1.54) is 0 Å². The van der Waals surface area contributed by atoms with Crippen molar-refractivity contribution in [2.75, 3.05) is 7.11 Å². The Balaban J connectivity index is 0. The Morgan fingerprint density at radius 3 is 1.29 bits per heavy atom. The van der Waals surface area contributed by atoms with Crippen molar-refractivity contribution < 1.29 is 26.5 Å². The molecular formula is C5H12OTi. The smallest absolute Gasteiger partial charge is 0.0594 e. The zero-order chi connectivity index (χ0) is 5.21. The second kappa shape index (κ2) is 3.65. The normalized spacial score (nSPS) is 10.3. The maximum absolute atomic E-state index is 4.94. The fourth-order valence-electron chi connectivity index (χ4n) is 0. The third-order valence-electron chi connectivity index (χ3n) is 0.612. The van der Waals surface area contributed by atoms with Crippen LogP contribution in [-0.4, -0.2) is 12.7 Å². The van der Waals surface area contributed by atoms with Gasteiger partial charge in [0.2, 0.25) is 0 Å². The molecule has 0 heterocycles. The van der Waals surface area contributed by atoms with Gasteiger partial charge in [0.15, 0.2) is 0 Å². The van der Waals surface area contributed by atoms with Gasteiger partial charge in [0.05, 0.1) is 5.60 Å². The van der Waals surface area contributed by atoms with Crippen LogP contribution in [0.4, 0.5) is 0 Å². The quantitative estimate of drug-likeness (QED) is 0.457. The van der Waals surface area contributed by atoms with Crippen molar-refractivity contribution in [3.05, 3.63) is 0 Å². The monoisotopic (exact) mass is 136 g/mol. The minimum atomic E-state index is 0. The van der Waals surface area contributed by atoms with E-state index in [9.17, 15) is 0 Å². The molecule has 0 fully saturated rings. The van der Waals surface area contributed by atoms with Gasteiger partial charge in [0.1, 0.15) is 0 Å². The van der Waals surface area contributed by atoms with Gasteiger partial charge >= 0.3 is 0 Å². The van der Waals surface area contributed by atoms with Crippen LogP contribution >= 0.6 is 0 Å². The van der Waals surface area contributed by atoms with E-state index in [1.54, 1.807) is 7.11 Å². The second-order valence-electron chi connectivity index (χ2n) is 2.32. The number of rotatable bonds is 0. The Hall–Kier alpha value is 0.674. The average molecular weight is 136 g/mol. The van der Waals surface area contributed by atoms with Crippen molar-refractivity contribution in [1.82, 2.24) is 0 Å². The van der Waals surface area contributed by atoms with Crippen molar-refractivity contribution in [3.63, 3.8) is 0 Å². The predicted molar refractivity (Wildman–Crippen MR) is 26.8 cm³/mol. The van der Waals surface area contributed by atoms with Crippen molar-refractivity contribution in [2.24, 2.45) is 0 Å². The first-order valence-electron chi connectivity index (χ1n) is 2.11. The van der Waals surface area contributed by atoms with E-state index in [1.807, 2.05) is 20.8 Å². The SMILES string of the molecule is COC(C)(C)C.[Ti]. The second-order valence-corrected chi connectivity index (χ2v) is 2.32. The van der Waals surface area contributed by atoms with E-state index < -0.39 is 0 Å². The number of hydrogen-bond donors (Lipinski definition) is 0. The zero-order valence-corrected chi connectivity index (χ0v) is 6.97. The topological polar surface area (TPSA) is 9.23 Å². The van der Waals surface area contributed by atoms with Gasteiger partial charge in [-0.15, -0.1) is 0 Å². The van der Waals surface area contributed by atoms with Gasteiger partial charge in [-0.25, -0.2) is 0 Å². The number of methoxy groups -OCH3 is 1. The first kappa shape index (κ1) is 10.6. The summed E-state index contributed by atoms with van der Waals surface area (Å²) >= 11 is 0. The molecule has 0 unspecified atom stereocenters. The summed E-state index contributed by atoms with van der Waals surface area (Å²) in [5.74, 6) is 0. The summed E-state index contributed by atoms with van der Waals surface area (Å²) in [5.41, 5.74) is 0.0417. The summed E-state index contributed by atoms with van der Waals surface area (Å²) in [6.45, 7) is 6.06. The largest absolute Gasteiger partial charge is 0.379 e. The molecule has 0 rings (SSSR count). The number of ether oxygens (including phenoxy) is 1. The van der Waals surface area contributed by atoms with Crippen molar-refractivity contribution >= 4 is 0 Å². The van der Waals surface area contributed by atoms with Crippen LogP contribution in [0.5, 0.6) is 0 Å². The molecule has 0 aromatic rings. The molecule has 0 bridgehead atoms. The van der Waals surface area contributed by atoms with Gasteiger partial charge in [-0.2, -0.15) is 0 Å². The first-order chi connectivity index (χ1) is 2.56. The minimum Gasteiger partial charge on any atom is -0.379 e. The molecule has 0 aromatic heterocycles. The summed E-state index contributed by atoms with van der Waals surface area (Å²) in [7, 11) is 1.71. The fraction of sp³-hybridized carbons (Fsp3) is 1.00. The van der Waals surface area contributed by atoms with E-state index in [4.69, 9.17) is 4.74 Å². The van der Waals surface area contributed by atoms with E-state index in [2.05, 4.69) is 0 Å². The van der Waals surface area contributed by atoms with E-state index in [0.29, 0.717) is 0 Å². The van der Waals surface area contributed by atoms with Gasteiger partial charge in [-0.1, -0.05) is 0 Å². The van der Waals surface area contributed by atoms with Gasteiger partial charge in [0, 0.05) is 28.8 Å². The molecule has 0 aliphatic heterocycles. The molecular weight excluding hydrogens is 124 g/mol. The molecule has 0 atom stereocenters. The van der Waals surface area contributed by atoms with E-state index in [0.717, 1.165) is 0 Å². The van der Waals surface area contributed by atoms with Gasteiger partial charge in [0.25, 0.3) is 0 Å². The molecule has 0 N–H and O–H groups in total. The Morgan fingerprint density at radius 1 is 1.14 bits per heavy atom. The molecule has 0 aliphatic rings. The Kier molecular flexibility index (Phi) is 5.53. The molecule has 0 saturated heterocycles. The first-order valence-corrected chi connectivity index (χ1v) is 2.11. The van der Waals surface area contributed by atoms with Crippen LogP contribution in [0, 0.1) is 0 Å². The van der Waals surface area contributed by atoms with Crippen molar-refractivity contribution in [1.29, 1.82) is 0 Å². The Labute approximate surface area is 60.3 Å². The predicted octanol–water partition coefficient (Wildman–Crippen LogP) is 1.43. The van der Waals surface area contributed by atoms with E-state index >= 15 is 0 Å². The standard InChI is InChI=1S/C5H12O.Ti/c1-5(2,3)6-4;/h1-4H3;. The molecule has 0 spiro atoms. The van der Waals surface area contributed by atoms with E-state index in [-0.39, 0.29) is 27.3 Å². The van der Waals surface area contributed by atoms with Crippen LogP contribution in [0.15, 0.2) is 0 Å². The Bertz CT molecular complexity index is 37.8. The van der Waals surface area contributed by atoms with Crippen LogP contribution in [0.1, 0.15) is 20.8 Å². The molecule has 0 aliphatic carbocycles. The molecule has 42 valence electrons.